The van der Waals surface area contributed by atoms with Crippen LogP contribution in [0.3, 0.4) is 0 Å². The summed E-state index contributed by atoms with van der Waals surface area (Å²) in [5, 5.41) is 0.750. The summed E-state index contributed by atoms with van der Waals surface area (Å²) in [6, 6.07) is 13.8. The molecule has 11 heteroatoms. The van der Waals surface area contributed by atoms with Gasteiger partial charge in [-0.25, -0.2) is 4.98 Å². The predicted octanol–water partition coefficient (Wildman–Crippen LogP) is 1.98. The first-order valence-electron chi connectivity index (χ1n) is 11.8. The molecule has 0 atom stereocenters. The second-order valence-corrected chi connectivity index (χ2v) is 10.5. The summed E-state index contributed by atoms with van der Waals surface area (Å²) < 4.78 is 40.2. The van der Waals surface area contributed by atoms with Gasteiger partial charge in [0.05, 0.1) is 25.8 Å². The van der Waals surface area contributed by atoms with Gasteiger partial charge in [-0.1, -0.05) is 30.3 Å². The molecule has 2 aromatic carbocycles. The summed E-state index contributed by atoms with van der Waals surface area (Å²) in [5.41, 5.74) is 9.01. The van der Waals surface area contributed by atoms with Gasteiger partial charge in [-0.3, -0.25) is 0 Å². The van der Waals surface area contributed by atoms with E-state index in [4.69, 9.17) is 20.2 Å². The molecular weight excluding hydrogens is 468 g/mol. The van der Waals surface area contributed by atoms with Crippen molar-refractivity contribution in [1.29, 1.82) is 0 Å². The number of hydrogen-bond acceptors (Lipinski definition) is 8. The van der Waals surface area contributed by atoms with Crippen LogP contribution in [0.15, 0.2) is 42.5 Å². The number of nitrogens with zero attached hydrogens (tertiary/aromatic N) is 5. The molecule has 0 bridgehead atoms. The lowest BCUT2D eigenvalue weighted by Gasteiger charge is -2.31. The zero-order chi connectivity index (χ0) is 24.4. The highest BCUT2D eigenvalue weighted by molar-refractivity contribution is 7.86. The van der Waals surface area contributed by atoms with Crippen LogP contribution in [0.4, 0.5) is 11.8 Å². The van der Waals surface area contributed by atoms with Crippen LogP contribution in [0, 0.1) is 0 Å². The number of ether oxygens (including phenoxy) is 2. The van der Waals surface area contributed by atoms with Gasteiger partial charge in [-0.2, -0.15) is 22.0 Å². The molecule has 5 rings (SSSR count). The molecule has 1 aromatic heterocycles. The number of nitrogen functional groups attached to an aromatic ring is 1. The lowest BCUT2D eigenvalue weighted by molar-refractivity contribution is 0.0703. The molecule has 2 fully saturated rings. The van der Waals surface area contributed by atoms with Gasteiger partial charge in [0.25, 0.3) is 10.2 Å². The third kappa shape index (κ3) is 4.76. The summed E-state index contributed by atoms with van der Waals surface area (Å²) in [6.45, 7) is 3.56. The van der Waals surface area contributed by atoms with Gasteiger partial charge in [0.15, 0.2) is 0 Å². The standard InChI is InChI=1S/C24H30N6O4S/c1-33-22-17-21-20(16-19(22)18-6-3-2-4-7-18)23(25)27-24(26-21)28-8-5-9-29(11-10-28)35(31,32)30-12-14-34-15-13-30/h2-4,6-7,16-17H,5,8-15H2,1H3,(H2,25,26,27). The first-order valence-corrected chi connectivity index (χ1v) is 13.2. The minimum Gasteiger partial charge on any atom is -0.496 e. The van der Waals surface area contributed by atoms with Crippen molar-refractivity contribution >= 4 is 32.9 Å². The van der Waals surface area contributed by atoms with Crippen molar-refractivity contribution in [2.75, 3.05) is 70.2 Å². The lowest BCUT2D eigenvalue weighted by atomic mass is 10.0. The van der Waals surface area contributed by atoms with Gasteiger partial charge in [0.1, 0.15) is 11.6 Å². The van der Waals surface area contributed by atoms with Crippen LogP contribution in [0.1, 0.15) is 6.42 Å². The topological polar surface area (TPSA) is 114 Å². The summed E-state index contributed by atoms with van der Waals surface area (Å²) in [7, 11) is -1.88. The van der Waals surface area contributed by atoms with E-state index in [0.717, 1.165) is 16.5 Å². The van der Waals surface area contributed by atoms with Crippen molar-refractivity contribution in [2.24, 2.45) is 0 Å². The number of hydrogen-bond donors (Lipinski definition) is 1. The van der Waals surface area contributed by atoms with Crippen LogP contribution in [0.25, 0.3) is 22.0 Å². The largest absolute Gasteiger partial charge is 0.496 e. The number of benzene rings is 2. The van der Waals surface area contributed by atoms with Gasteiger partial charge in [-0.15, -0.1) is 0 Å². The zero-order valence-corrected chi connectivity index (χ0v) is 20.6. The van der Waals surface area contributed by atoms with E-state index in [1.165, 1.54) is 4.31 Å². The average molecular weight is 499 g/mol. The SMILES string of the molecule is COc1cc2nc(N3CCCN(S(=O)(=O)N4CCOCC4)CC3)nc(N)c2cc1-c1ccccc1. The molecule has 3 heterocycles. The van der Waals surface area contributed by atoms with E-state index in [2.05, 4.69) is 4.98 Å². The van der Waals surface area contributed by atoms with Crippen molar-refractivity contribution < 1.29 is 17.9 Å². The molecule has 35 heavy (non-hydrogen) atoms. The Morgan fingerprint density at radius 3 is 2.43 bits per heavy atom. The molecular formula is C24H30N6O4S. The Labute approximate surface area is 205 Å². The van der Waals surface area contributed by atoms with Gasteiger partial charge < -0.3 is 20.1 Å². The Bertz CT molecular complexity index is 1300. The highest BCUT2D eigenvalue weighted by atomic mass is 32.2. The van der Waals surface area contributed by atoms with Crippen molar-refractivity contribution in [1.82, 2.24) is 18.6 Å². The number of nitrogens with two attached hydrogens (primary N) is 1. The first kappa shape index (κ1) is 23.7. The molecule has 0 aliphatic carbocycles. The maximum Gasteiger partial charge on any atom is 0.282 e. The molecule has 2 aliphatic heterocycles. The highest BCUT2D eigenvalue weighted by Gasteiger charge is 2.32. The Morgan fingerprint density at radius 2 is 1.69 bits per heavy atom. The van der Waals surface area contributed by atoms with Gasteiger partial charge in [0.2, 0.25) is 5.95 Å². The number of fused-ring (bicyclic) bond motifs is 1. The normalized spacial score (nSPS) is 18.5. The van der Waals surface area contributed by atoms with E-state index in [9.17, 15) is 8.42 Å². The van der Waals surface area contributed by atoms with E-state index in [-0.39, 0.29) is 0 Å². The molecule has 10 nitrogen and oxygen atoms in total. The molecule has 2 N–H and O–H groups in total. The first-order chi connectivity index (χ1) is 17.0. The van der Waals surface area contributed by atoms with Crippen LogP contribution in [0.5, 0.6) is 5.75 Å². The highest BCUT2D eigenvalue weighted by Crippen LogP contribution is 2.35. The number of anilines is 2. The van der Waals surface area contributed by atoms with Crippen LogP contribution in [0.2, 0.25) is 0 Å². The number of rotatable bonds is 5. The maximum absolute atomic E-state index is 13.1. The molecule has 0 radical (unpaired) electrons. The van der Waals surface area contributed by atoms with Crippen LogP contribution in [-0.2, 0) is 14.9 Å². The third-order valence-electron chi connectivity index (χ3n) is 6.48. The molecule has 0 saturated carbocycles. The minimum atomic E-state index is -3.52. The maximum atomic E-state index is 13.1. The van der Waals surface area contributed by atoms with Crippen molar-refractivity contribution in [3.05, 3.63) is 42.5 Å². The van der Waals surface area contributed by atoms with E-state index in [1.54, 1.807) is 11.4 Å². The van der Waals surface area contributed by atoms with E-state index < -0.39 is 10.2 Å². The molecule has 0 spiro atoms. The fourth-order valence-electron chi connectivity index (χ4n) is 4.59. The van der Waals surface area contributed by atoms with Crippen molar-refractivity contribution in [2.45, 2.75) is 6.42 Å². The van der Waals surface area contributed by atoms with E-state index >= 15 is 0 Å². The Hall–Kier alpha value is -2.99. The monoisotopic (exact) mass is 498 g/mol. The van der Waals surface area contributed by atoms with Gasteiger partial charge >= 0.3 is 0 Å². The number of aromatic nitrogens is 2. The van der Waals surface area contributed by atoms with E-state index in [0.29, 0.717) is 81.9 Å². The van der Waals surface area contributed by atoms with Gasteiger partial charge in [-0.05, 0) is 18.1 Å². The fraction of sp³-hybridized carbons (Fsp3) is 0.417. The molecule has 3 aromatic rings. The predicted molar refractivity (Wildman–Crippen MR) is 136 cm³/mol. The van der Waals surface area contributed by atoms with Gasteiger partial charge in [0, 0.05) is 56.3 Å². The summed E-state index contributed by atoms with van der Waals surface area (Å²) in [5.74, 6) is 1.58. The Balaban J connectivity index is 1.41. The second-order valence-electron chi connectivity index (χ2n) is 8.60. The van der Waals surface area contributed by atoms with Crippen molar-refractivity contribution in [3.8, 4) is 16.9 Å². The number of methoxy groups -OCH3 is 1. The molecule has 2 aliphatic rings. The zero-order valence-electron chi connectivity index (χ0n) is 19.8. The Kier molecular flexibility index (Phi) is 6.74. The fourth-order valence-corrected chi connectivity index (χ4v) is 6.20. The third-order valence-corrected chi connectivity index (χ3v) is 8.52. The van der Waals surface area contributed by atoms with Crippen LogP contribution >= 0.6 is 0 Å². The summed E-state index contributed by atoms with van der Waals surface area (Å²) in [4.78, 5) is 11.4. The lowest BCUT2D eigenvalue weighted by Crippen LogP contribution is -2.49. The molecule has 2 saturated heterocycles. The second kappa shape index (κ2) is 9.94. The minimum absolute atomic E-state index is 0.358. The number of morpholine rings is 1. The molecule has 186 valence electrons. The molecule has 0 unspecified atom stereocenters. The van der Waals surface area contributed by atoms with Crippen LogP contribution < -0.4 is 15.4 Å². The van der Waals surface area contributed by atoms with Crippen LogP contribution in [-0.4, -0.2) is 86.6 Å². The summed E-state index contributed by atoms with van der Waals surface area (Å²) in [6.07, 6.45) is 0.668. The quantitative estimate of drug-likeness (QED) is 0.568. The van der Waals surface area contributed by atoms with E-state index in [1.807, 2.05) is 47.4 Å². The molecule has 0 amide bonds. The van der Waals surface area contributed by atoms with Crippen molar-refractivity contribution in [3.63, 3.8) is 0 Å². The average Bonchev–Trinajstić information content (AvgIpc) is 3.16. The smallest absolute Gasteiger partial charge is 0.282 e. The summed E-state index contributed by atoms with van der Waals surface area (Å²) >= 11 is 0. The Morgan fingerprint density at radius 1 is 0.943 bits per heavy atom.